The fourth-order valence-corrected chi connectivity index (χ4v) is 3.68. The van der Waals surface area contributed by atoms with Gasteiger partial charge in [0.1, 0.15) is 0 Å². The Morgan fingerprint density at radius 2 is 1.32 bits per heavy atom. The van der Waals surface area contributed by atoms with Gasteiger partial charge in [-0.25, -0.2) is 19.2 Å². The molecule has 44 heavy (non-hydrogen) atoms. The molecule has 4 N–H and O–H groups in total. The van der Waals surface area contributed by atoms with Crippen LogP contribution in [0.5, 0.6) is 0 Å². The summed E-state index contributed by atoms with van der Waals surface area (Å²) in [4.78, 5) is 51.5. The maximum atomic E-state index is 12.2. The van der Waals surface area contributed by atoms with Gasteiger partial charge >= 0.3 is 24.2 Å². The van der Waals surface area contributed by atoms with Crippen molar-refractivity contribution < 1.29 is 28.7 Å². The number of hydrogen-bond acceptors (Lipinski definition) is 6. The van der Waals surface area contributed by atoms with Gasteiger partial charge in [0.15, 0.2) is 0 Å². The first-order valence-corrected chi connectivity index (χ1v) is 14.1. The van der Waals surface area contributed by atoms with Crippen LogP contribution >= 0.6 is 0 Å². The molecule has 2 aromatic carbocycles. The van der Waals surface area contributed by atoms with E-state index in [1.54, 1.807) is 38.4 Å². The molecular weight excluding hydrogens is 564 g/mol. The standard InChI is InChI=1S/C32H42N6O6/c1-5-13-27(6-2)35-29(39)37(3)18-11-20-43-31(41)33-23-25-14-10-15-26(22-25)24-34-32(42)44-21-12-19-38(4)30(40)36-28-16-8-7-9-17-28/h5-10,13-17,22H,1-2,11-12,18-21,23-24H2,3-4H3,(H,33,41)(H,34,42)(H,35,39)(H,36,40)/b27-13+. The van der Waals surface area contributed by atoms with Gasteiger partial charge in [0.05, 0.1) is 13.2 Å². The highest BCUT2D eigenvalue weighted by Crippen LogP contribution is 2.07. The predicted octanol–water partition coefficient (Wildman–Crippen LogP) is 4.98. The number of urea groups is 2. The fourth-order valence-electron chi connectivity index (χ4n) is 3.68. The van der Waals surface area contributed by atoms with Crippen molar-refractivity contribution in [2.45, 2.75) is 25.9 Å². The molecule has 0 heterocycles. The number of allylic oxidation sites excluding steroid dienone is 3. The second-order valence-corrected chi connectivity index (χ2v) is 9.64. The second-order valence-electron chi connectivity index (χ2n) is 9.64. The first-order valence-electron chi connectivity index (χ1n) is 14.1. The van der Waals surface area contributed by atoms with Crippen LogP contribution in [0.3, 0.4) is 0 Å². The Hall–Kier alpha value is -5.26. The minimum Gasteiger partial charge on any atom is -0.449 e. The van der Waals surface area contributed by atoms with Crippen molar-refractivity contribution >= 4 is 29.9 Å². The van der Waals surface area contributed by atoms with Crippen LogP contribution in [0.4, 0.5) is 24.9 Å². The molecule has 12 heteroatoms. The summed E-state index contributed by atoms with van der Waals surface area (Å²) < 4.78 is 10.4. The number of alkyl carbamates (subject to hydrolysis) is 2. The second kappa shape index (κ2) is 19.8. The minimum absolute atomic E-state index is 0.142. The predicted molar refractivity (Wildman–Crippen MR) is 170 cm³/mol. The number of carbonyl (C=O) groups is 4. The van der Waals surface area contributed by atoms with E-state index < -0.39 is 12.2 Å². The van der Waals surface area contributed by atoms with Crippen molar-refractivity contribution in [3.63, 3.8) is 0 Å². The van der Waals surface area contributed by atoms with Crippen LogP contribution in [0.2, 0.25) is 0 Å². The van der Waals surface area contributed by atoms with E-state index in [-0.39, 0.29) is 38.4 Å². The van der Waals surface area contributed by atoms with Gasteiger partial charge in [-0.2, -0.15) is 0 Å². The fraction of sp³-hybridized carbons (Fsp3) is 0.312. The maximum Gasteiger partial charge on any atom is 0.407 e. The summed E-state index contributed by atoms with van der Waals surface area (Å²) in [6.45, 7) is 8.81. The summed E-state index contributed by atoms with van der Waals surface area (Å²) in [6, 6.07) is 16.0. The molecule has 2 aromatic rings. The number of rotatable bonds is 16. The number of carbonyl (C=O) groups excluding carboxylic acids is 4. The molecule has 0 aliphatic carbocycles. The molecule has 0 radical (unpaired) electrons. The lowest BCUT2D eigenvalue weighted by Crippen LogP contribution is -2.37. The lowest BCUT2D eigenvalue weighted by molar-refractivity contribution is 0.140. The summed E-state index contributed by atoms with van der Waals surface area (Å²) >= 11 is 0. The van der Waals surface area contributed by atoms with Gasteiger partial charge in [-0.1, -0.05) is 61.7 Å². The van der Waals surface area contributed by atoms with Crippen molar-refractivity contribution in [3.05, 3.63) is 103 Å². The third kappa shape index (κ3) is 14.1. The van der Waals surface area contributed by atoms with E-state index >= 15 is 0 Å². The Morgan fingerprint density at radius 1 is 0.773 bits per heavy atom. The molecule has 0 saturated carbocycles. The first kappa shape index (κ1) is 34.9. The lowest BCUT2D eigenvalue weighted by atomic mass is 10.1. The van der Waals surface area contributed by atoms with E-state index in [9.17, 15) is 19.2 Å². The largest absolute Gasteiger partial charge is 0.449 e. The van der Waals surface area contributed by atoms with Crippen LogP contribution in [-0.2, 0) is 22.6 Å². The van der Waals surface area contributed by atoms with Gasteiger partial charge in [0.2, 0.25) is 0 Å². The number of para-hydroxylation sites is 1. The molecule has 0 fully saturated rings. The van der Waals surface area contributed by atoms with Gasteiger partial charge in [-0.15, -0.1) is 0 Å². The third-order valence-electron chi connectivity index (χ3n) is 6.09. The number of nitrogens with zero attached hydrogens (tertiary/aromatic N) is 2. The van der Waals surface area contributed by atoms with Gasteiger partial charge < -0.3 is 40.5 Å². The number of hydrogen-bond donors (Lipinski definition) is 4. The van der Waals surface area contributed by atoms with Crippen LogP contribution in [-0.4, -0.2) is 74.4 Å². The summed E-state index contributed by atoms with van der Waals surface area (Å²) in [6.07, 6.45) is 4.51. The van der Waals surface area contributed by atoms with Gasteiger partial charge in [-0.3, -0.25) is 0 Å². The Morgan fingerprint density at radius 3 is 1.84 bits per heavy atom. The van der Waals surface area contributed by atoms with Crippen LogP contribution in [0.25, 0.3) is 0 Å². The number of amides is 6. The van der Waals surface area contributed by atoms with E-state index in [0.717, 1.165) is 11.1 Å². The number of anilines is 1. The van der Waals surface area contributed by atoms with E-state index in [0.29, 0.717) is 37.3 Å². The zero-order chi connectivity index (χ0) is 32.2. The van der Waals surface area contributed by atoms with Crippen LogP contribution in [0.15, 0.2) is 91.7 Å². The minimum atomic E-state index is -0.574. The molecule has 6 amide bonds. The molecule has 2 rings (SSSR count). The Bertz CT molecular complexity index is 1280. The molecule has 0 unspecified atom stereocenters. The normalized spacial score (nSPS) is 10.5. The van der Waals surface area contributed by atoms with Crippen LogP contribution in [0, 0.1) is 0 Å². The summed E-state index contributed by atoms with van der Waals surface area (Å²) in [7, 11) is 3.31. The molecule has 0 saturated heterocycles. The molecule has 0 aromatic heterocycles. The average molecular weight is 607 g/mol. The molecule has 0 spiro atoms. The van der Waals surface area contributed by atoms with Crippen molar-refractivity contribution in [3.8, 4) is 0 Å². The number of nitrogens with one attached hydrogen (secondary N) is 4. The molecule has 0 atom stereocenters. The molecular formula is C32H42N6O6. The third-order valence-corrected chi connectivity index (χ3v) is 6.09. The van der Waals surface area contributed by atoms with Crippen LogP contribution < -0.4 is 21.3 Å². The highest BCUT2D eigenvalue weighted by molar-refractivity contribution is 5.89. The van der Waals surface area contributed by atoms with Gasteiger partial charge in [0.25, 0.3) is 0 Å². The summed E-state index contributed by atoms with van der Waals surface area (Å²) in [5, 5.41) is 10.9. The quantitative estimate of drug-likeness (QED) is 0.157. The Balaban J connectivity index is 1.59. The van der Waals surface area contributed by atoms with Crippen molar-refractivity contribution in [2.24, 2.45) is 0 Å². The number of ether oxygens (including phenoxy) is 2. The number of benzene rings is 2. The summed E-state index contributed by atoms with van der Waals surface area (Å²) in [5.74, 6) is 0. The van der Waals surface area contributed by atoms with E-state index in [1.807, 2.05) is 42.5 Å². The first-order chi connectivity index (χ1) is 21.2. The smallest absolute Gasteiger partial charge is 0.407 e. The van der Waals surface area contributed by atoms with E-state index in [2.05, 4.69) is 34.4 Å². The zero-order valence-corrected chi connectivity index (χ0v) is 25.3. The van der Waals surface area contributed by atoms with Crippen LogP contribution in [0.1, 0.15) is 24.0 Å². The molecule has 236 valence electrons. The lowest BCUT2D eigenvalue weighted by Gasteiger charge is -2.18. The highest BCUT2D eigenvalue weighted by atomic mass is 16.6. The molecule has 0 aliphatic rings. The van der Waals surface area contributed by atoms with E-state index in [4.69, 9.17) is 9.47 Å². The van der Waals surface area contributed by atoms with E-state index in [1.165, 1.54) is 15.9 Å². The highest BCUT2D eigenvalue weighted by Gasteiger charge is 2.11. The Labute approximate surface area is 258 Å². The van der Waals surface area contributed by atoms with Crippen molar-refractivity contribution in [1.82, 2.24) is 25.8 Å². The zero-order valence-electron chi connectivity index (χ0n) is 25.3. The molecule has 0 bridgehead atoms. The maximum absolute atomic E-state index is 12.2. The van der Waals surface area contributed by atoms with Crippen molar-refractivity contribution in [1.29, 1.82) is 0 Å². The topological polar surface area (TPSA) is 141 Å². The Kier molecular flexibility index (Phi) is 15.7. The SMILES string of the molecule is C=C/C=C(\C=C)NC(=O)N(C)CCCOC(=O)NCc1cccc(CNC(=O)OCCCN(C)C(=O)Nc2ccccc2)c1. The monoisotopic (exact) mass is 606 g/mol. The average Bonchev–Trinajstić information content (AvgIpc) is 3.03. The van der Waals surface area contributed by atoms with Gasteiger partial charge in [-0.05, 0) is 48.3 Å². The summed E-state index contributed by atoms with van der Waals surface area (Å²) in [5.41, 5.74) is 2.90. The van der Waals surface area contributed by atoms with Crippen molar-refractivity contribution in [2.75, 3.05) is 45.7 Å². The molecule has 12 nitrogen and oxygen atoms in total. The van der Waals surface area contributed by atoms with Gasteiger partial charge in [0, 0.05) is 51.7 Å². The molecule has 0 aliphatic heterocycles.